The average molecular weight is 373 g/mol. The van der Waals surface area contributed by atoms with E-state index in [4.69, 9.17) is 34.8 Å². The molecule has 0 aliphatic carbocycles. The smallest absolute Gasteiger partial charge is 0.317 e. The zero-order valence-electron chi connectivity index (χ0n) is 11.0. The number of nitrogens with one attached hydrogen (secondary N) is 1. The van der Waals surface area contributed by atoms with Gasteiger partial charge in [0.2, 0.25) is 3.79 Å². The summed E-state index contributed by atoms with van der Waals surface area (Å²) in [6.07, 6.45) is 0. The zero-order valence-corrected chi connectivity index (χ0v) is 14.1. The van der Waals surface area contributed by atoms with Gasteiger partial charge in [-0.3, -0.25) is 10.1 Å². The highest BCUT2D eigenvalue weighted by Crippen LogP contribution is 2.39. The highest BCUT2D eigenvalue weighted by atomic mass is 35.6. The Morgan fingerprint density at radius 2 is 1.86 bits per heavy atom. The van der Waals surface area contributed by atoms with Gasteiger partial charge in [0.15, 0.2) is 0 Å². The van der Waals surface area contributed by atoms with Crippen LogP contribution in [0, 0.1) is 10.1 Å². The molecule has 1 atom stereocenters. The second-order valence-electron chi connectivity index (χ2n) is 4.13. The first kappa shape index (κ1) is 18.2. The Morgan fingerprint density at radius 1 is 1.33 bits per heavy atom. The molecule has 0 saturated carbocycles. The number of non-ortho nitro benzene ring substituents is 1. The molecule has 1 N–H and O–H groups in total. The number of carbonyl (C=O) groups excluding carboxylic acids is 1. The second-order valence-corrected chi connectivity index (χ2v) is 7.68. The fourth-order valence-corrected chi connectivity index (χ4v) is 2.63. The predicted octanol–water partition coefficient (Wildman–Crippen LogP) is 3.65. The number of rotatable bonds is 4. The van der Waals surface area contributed by atoms with Gasteiger partial charge in [-0.05, 0) is 12.1 Å². The maximum atomic E-state index is 11.7. The van der Waals surface area contributed by atoms with E-state index in [-0.39, 0.29) is 5.69 Å². The fourth-order valence-electron chi connectivity index (χ4n) is 1.20. The Bertz CT molecular complexity index is 520. The Hall–Kier alpha value is -0.890. The lowest BCUT2D eigenvalue weighted by Crippen LogP contribution is -2.45. The van der Waals surface area contributed by atoms with Crippen molar-refractivity contribution in [3.8, 4) is 0 Å². The molecule has 0 aliphatic heterocycles. The van der Waals surface area contributed by atoms with E-state index < -0.39 is 20.1 Å². The van der Waals surface area contributed by atoms with E-state index in [0.29, 0.717) is 4.90 Å². The predicted molar refractivity (Wildman–Crippen MR) is 85.3 cm³/mol. The van der Waals surface area contributed by atoms with Gasteiger partial charge in [0, 0.05) is 31.1 Å². The second kappa shape index (κ2) is 7.40. The van der Waals surface area contributed by atoms with Crippen molar-refractivity contribution in [3.63, 3.8) is 0 Å². The summed E-state index contributed by atoms with van der Waals surface area (Å²) in [5.74, 6) is 0. The van der Waals surface area contributed by atoms with Crippen molar-refractivity contribution in [1.82, 2.24) is 10.2 Å². The molecule has 1 aromatic rings. The number of hydrogen-bond acceptors (Lipinski definition) is 4. The molecule has 2 amide bonds. The van der Waals surface area contributed by atoms with Crippen molar-refractivity contribution in [2.45, 2.75) is 14.1 Å². The monoisotopic (exact) mass is 371 g/mol. The van der Waals surface area contributed by atoms with Crippen molar-refractivity contribution >= 4 is 58.3 Å². The molecule has 0 heterocycles. The Balaban J connectivity index is 2.86. The third-order valence-electron chi connectivity index (χ3n) is 2.26. The van der Waals surface area contributed by atoms with Crippen LogP contribution in [0.3, 0.4) is 0 Å². The minimum Gasteiger partial charge on any atom is -0.331 e. The topological polar surface area (TPSA) is 75.5 Å². The van der Waals surface area contributed by atoms with Gasteiger partial charge in [-0.1, -0.05) is 46.6 Å². The van der Waals surface area contributed by atoms with E-state index in [1.54, 1.807) is 14.1 Å². The number of thioether (sulfide) groups is 1. The number of halogens is 3. The number of amides is 2. The molecule has 0 radical (unpaired) electrons. The maximum absolute atomic E-state index is 11.7. The van der Waals surface area contributed by atoms with E-state index in [2.05, 4.69) is 5.32 Å². The van der Waals surface area contributed by atoms with Crippen molar-refractivity contribution in [2.24, 2.45) is 0 Å². The van der Waals surface area contributed by atoms with Gasteiger partial charge in [0.05, 0.1) is 4.92 Å². The largest absolute Gasteiger partial charge is 0.331 e. The summed E-state index contributed by atoms with van der Waals surface area (Å²) in [5, 5.41) is 12.3. The quantitative estimate of drug-likeness (QED) is 0.288. The summed E-state index contributed by atoms with van der Waals surface area (Å²) in [6.45, 7) is 0. The Morgan fingerprint density at radius 3 is 2.24 bits per heavy atom. The summed E-state index contributed by atoms with van der Waals surface area (Å²) >= 11 is 18.6. The van der Waals surface area contributed by atoms with E-state index in [0.717, 1.165) is 11.8 Å². The molecular formula is C11H12Cl3N3O3S. The van der Waals surface area contributed by atoms with Crippen LogP contribution < -0.4 is 5.32 Å². The Kier molecular flexibility index (Phi) is 6.40. The summed E-state index contributed by atoms with van der Waals surface area (Å²) < 4.78 is -1.74. The Labute approximate surface area is 140 Å². The number of nitrogens with zero attached hydrogens (tertiary/aromatic N) is 2. The van der Waals surface area contributed by atoms with Crippen molar-refractivity contribution in [3.05, 3.63) is 34.4 Å². The van der Waals surface area contributed by atoms with E-state index >= 15 is 0 Å². The number of nitro benzene ring substituents is 1. The third-order valence-corrected chi connectivity index (χ3v) is 4.55. The van der Waals surface area contributed by atoms with Crippen LogP contribution in [0.1, 0.15) is 0 Å². The number of alkyl halides is 3. The molecule has 116 valence electrons. The highest BCUT2D eigenvalue weighted by Gasteiger charge is 2.35. The number of carbonyl (C=O) groups is 1. The zero-order chi connectivity index (χ0) is 16.2. The molecule has 10 heteroatoms. The van der Waals surface area contributed by atoms with E-state index in [9.17, 15) is 14.9 Å². The van der Waals surface area contributed by atoms with Crippen molar-refractivity contribution in [1.29, 1.82) is 0 Å². The highest BCUT2D eigenvalue weighted by molar-refractivity contribution is 8.00. The molecule has 1 rings (SSSR count). The summed E-state index contributed by atoms with van der Waals surface area (Å²) in [6, 6.07) is 5.31. The first-order valence-electron chi connectivity index (χ1n) is 5.57. The van der Waals surface area contributed by atoms with Gasteiger partial charge in [0.1, 0.15) is 5.37 Å². The lowest BCUT2D eigenvalue weighted by molar-refractivity contribution is -0.384. The molecule has 0 aromatic heterocycles. The number of benzene rings is 1. The molecule has 0 saturated heterocycles. The number of urea groups is 1. The first-order valence-corrected chi connectivity index (χ1v) is 7.58. The fraction of sp³-hybridized carbons (Fsp3) is 0.364. The molecule has 1 unspecified atom stereocenters. The summed E-state index contributed by atoms with van der Waals surface area (Å²) in [5.41, 5.74) is -0.0397. The van der Waals surface area contributed by atoms with Gasteiger partial charge in [-0.15, -0.1) is 0 Å². The van der Waals surface area contributed by atoms with E-state index in [1.165, 1.54) is 29.2 Å². The van der Waals surface area contributed by atoms with Gasteiger partial charge in [0.25, 0.3) is 5.69 Å². The van der Waals surface area contributed by atoms with Crippen LogP contribution in [0.2, 0.25) is 0 Å². The van der Waals surface area contributed by atoms with Crippen LogP contribution in [0.25, 0.3) is 0 Å². The lowest BCUT2D eigenvalue weighted by Gasteiger charge is -2.26. The van der Waals surface area contributed by atoms with Gasteiger partial charge >= 0.3 is 6.03 Å². The van der Waals surface area contributed by atoms with Crippen LogP contribution in [0.15, 0.2) is 29.2 Å². The van der Waals surface area contributed by atoms with Crippen LogP contribution in [-0.4, -0.2) is 39.1 Å². The van der Waals surface area contributed by atoms with Gasteiger partial charge in [-0.2, -0.15) is 0 Å². The average Bonchev–Trinajstić information content (AvgIpc) is 2.37. The van der Waals surface area contributed by atoms with Crippen molar-refractivity contribution < 1.29 is 9.72 Å². The van der Waals surface area contributed by atoms with Crippen molar-refractivity contribution in [2.75, 3.05) is 14.1 Å². The lowest BCUT2D eigenvalue weighted by atomic mass is 10.3. The minimum atomic E-state index is -1.74. The molecule has 0 aliphatic rings. The molecule has 0 bridgehead atoms. The molecule has 0 spiro atoms. The number of hydrogen-bond donors (Lipinski definition) is 1. The molecule has 6 nitrogen and oxygen atoms in total. The maximum Gasteiger partial charge on any atom is 0.317 e. The van der Waals surface area contributed by atoms with Crippen LogP contribution in [-0.2, 0) is 0 Å². The van der Waals surface area contributed by atoms with Gasteiger partial charge in [-0.25, -0.2) is 4.79 Å². The third kappa shape index (κ3) is 5.78. The standard InChI is InChI=1S/C11H12Cl3N3O3S/c1-16(2)10(18)15-9(11(12,13)14)21-8-5-3-7(4-6-8)17(19)20/h3-6,9H,1-2H3,(H,15,18). The van der Waals surface area contributed by atoms with Crippen LogP contribution in [0.4, 0.5) is 10.5 Å². The summed E-state index contributed by atoms with van der Waals surface area (Å²) in [4.78, 5) is 23.7. The van der Waals surface area contributed by atoms with Gasteiger partial charge < -0.3 is 10.2 Å². The molecule has 1 aromatic carbocycles. The van der Waals surface area contributed by atoms with Crippen LogP contribution in [0.5, 0.6) is 0 Å². The normalized spacial score (nSPS) is 12.6. The van der Waals surface area contributed by atoms with E-state index in [1.807, 2.05) is 0 Å². The van der Waals surface area contributed by atoms with Crippen LogP contribution >= 0.6 is 46.6 Å². The molecule has 21 heavy (non-hydrogen) atoms. The number of nitro groups is 1. The molecular weight excluding hydrogens is 361 g/mol. The summed E-state index contributed by atoms with van der Waals surface area (Å²) in [7, 11) is 3.11. The minimum absolute atomic E-state index is 0.0397. The SMILES string of the molecule is CN(C)C(=O)NC(Sc1ccc([N+](=O)[O-])cc1)C(Cl)(Cl)Cl. The first-order chi connectivity index (χ1) is 9.61. The molecule has 0 fully saturated rings.